The van der Waals surface area contributed by atoms with Crippen LogP contribution in [0, 0.1) is 11.7 Å². The Kier molecular flexibility index (Phi) is 5.65. The van der Waals surface area contributed by atoms with Crippen molar-refractivity contribution in [2.24, 2.45) is 5.92 Å². The van der Waals surface area contributed by atoms with Gasteiger partial charge in [0, 0.05) is 12.6 Å². The standard InChI is InChI=1S/C16H23ClFN/c1-12(14-6-4-2-3-5-7-14)19-11-13-8-9-15(17)16(18)10-13/h8-10,12,14,19H,2-7,11H2,1H3/t12-/m1/s1. The van der Waals surface area contributed by atoms with Crippen LogP contribution in [0.15, 0.2) is 18.2 Å². The van der Waals surface area contributed by atoms with E-state index < -0.39 is 0 Å². The van der Waals surface area contributed by atoms with E-state index >= 15 is 0 Å². The molecule has 0 aromatic heterocycles. The van der Waals surface area contributed by atoms with Gasteiger partial charge in [0.25, 0.3) is 0 Å². The van der Waals surface area contributed by atoms with Gasteiger partial charge in [-0.3, -0.25) is 0 Å². The third-order valence-corrected chi connectivity index (χ3v) is 4.53. The fourth-order valence-electron chi connectivity index (χ4n) is 2.91. The van der Waals surface area contributed by atoms with E-state index in [1.54, 1.807) is 6.07 Å². The van der Waals surface area contributed by atoms with Crippen LogP contribution >= 0.6 is 11.6 Å². The minimum Gasteiger partial charge on any atom is -0.310 e. The number of halogens is 2. The number of hydrogen-bond acceptors (Lipinski definition) is 1. The Balaban J connectivity index is 1.84. The highest BCUT2D eigenvalue weighted by Crippen LogP contribution is 2.25. The molecular formula is C16H23ClFN. The Labute approximate surface area is 120 Å². The predicted octanol–water partition coefficient (Wildman–Crippen LogP) is 4.93. The summed E-state index contributed by atoms with van der Waals surface area (Å²) in [5, 5.41) is 3.73. The highest BCUT2D eigenvalue weighted by molar-refractivity contribution is 6.30. The summed E-state index contributed by atoms with van der Waals surface area (Å²) in [6.07, 6.45) is 8.11. The third kappa shape index (κ3) is 4.47. The number of benzene rings is 1. The highest BCUT2D eigenvalue weighted by atomic mass is 35.5. The van der Waals surface area contributed by atoms with Gasteiger partial charge in [-0.05, 0) is 43.4 Å². The maximum atomic E-state index is 13.4. The zero-order chi connectivity index (χ0) is 13.7. The van der Waals surface area contributed by atoms with E-state index in [9.17, 15) is 4.39 Å². The van der Waals surface area contributed by atoms with E-state index in [2.05, 4.69) is 12.2 Å². The van der Waals surface area contributed by atoms with Crippen LogP contribution in [0.25, 0.3) is 0 Å². The molecular weight excluding hydrogens is 261 g/mol. The molecule has 2 rings (SSSR count). The van der Waals surface area contributed by atoms with Gasteiger partial charge in [-0.25, -0.2) is 4.39 Å². The van der Waals surface area contributed by atoms with E-state index in [0.717, 1.165) is 11.5 Å². The molecule has 1 aliphatic rings. The summed E-state index contributed by atoms with van der Waals surface area (Å²) >= 11 is 5.69. The molecule has 0 radical (unpaired) electrons. The molecule has 0 heterocycles. The number of nitrogens with one attached hydrogen (secondary N) is 1. The molecule has 1 atom stereocenters. The van der Waals surface area contributed by atoms with Crippen molar-refractivity contribution in [1.82, 2.24) is 5.32 Å². The number of rotatable bonds is 4. The molecule has 0 amide bonds. The lowest BCUT2D eigenvalue weighted by molar-refractivity contribution is 0.336. The van der Waals surface area contributed by atoms with Crippen molar-refractivity contribution in [1.29, 1.82) is 0 Å². The first-order valence-corrected chi connectivity index (χ1v) is 7.72. The molecule has 1 saturated carbocycles. The second-order valence-electron chi connectivity index (χ2n) is 5.67. The van der Waals surface area contributed by atoms with Crippen LogP contribution in [0.1, 0.15) is 51.0 Å². The highest BCUT2D eigenvalue weighted by Gasteiger charge is 2.18. The van der Waals surface area contributed by atoms with Crippen molar-refractivity contribution in [3.63, 3.8) is 0 Å². The van der Waals surface area contributed by atoms with Crippen molar-refractivity contribution >= 4 is 11.6 Å². The smallest absolute Gasteiger partial charge is 0.142 e. The second-order valence-corrected chi connectivity index (χ2v) is 6.08. The van der Waals surface area contributed by atoms with Crippen LogP contribution in [0.2, 0.25) is 5.02 Å². The largest absolute Gasteiger partial charge is 0.310 e. The first kappa shape index (κ1) is 14.8. The lowest BCUT2D eigenvalue weighted by atomic mass is 9.93. The summed E-state index contributed by atoms with van der Waals surface area (Å²) in [5.74, 6) is 0.433. The van der Waals surface area contributed by atoms with Gasteiger partial charge in [0.1, 0.15) is 5.82 Å². The molecule has 106 valence electrons. The molecule has 19 heavy (non-hydrogen) atoms. The van der Waals surface area contributed by atoms with Gasteiger partial charge in [0.2, 0.25) is 0 Å². The minimum atomic E-state index is -0.330. The maximum absolute atomic E-state index is 13.4. The molecule has 1 fully saturated rings. The van der Waals surface area contributed by atoms with Gasteiger partial charge in [-0.2, -0.15) is 0 Å². The molecule has 1 aromatic carbocycles. The summed E-state index contributed by atoms with van der Waals surface area (Å²) < 4.78 is 13.4. The topological polar surface area (TPSA) is 12.0 Å². The molecule has 0 bridgehead atoms. The van der Waals surface area contributed by atoms with E-state index in [1.807, 2.05) is 6.07 Å². The van der Waals surface area contributed by atoms with Crippen LogP contribution in [0.5, 0.6) is 0 Å². The molecule has 0 aliphatic heterocycles. The van der Waals surface area contributed by atoms with Crippen LogP contribution < -0.4 is 5.32 Å². The zero-order valence-electron chi connectivity index (χ0n) is 11.6. The average Bonchev–Trinajstić information content (AvgIpc) is 2.69. The summed E-state index contributed by atoms with van der Waals surface area (Å²) in [5.41, 5.74) is 0.961. The van der Waals surface area contributed by atoms with E-state index in [1.165, 1.54) is 44.6 Å². The SMILES string of the molecule is C[C@@H](NCc1ccc(Cl)c(F)c1)C1CCCCCC1. The van der Waals surface area contributed by atoms with Crippen molar-refractivity contribution in [3.8, 4) is 0 Å². The van der Waals surface area contributed by atoms with E-state index in [0.29, 0.717) is 12.6 Å². The zero-order valence-corrected chi connectivity index (χ0v) is 12.3. The molecule has 1 nitrogen and oxygen atoms in total. The Bertz CT molecular complexity index is 400. The van der Waals surface area contributed by atoms with Crippen LogP contribution in [0.3, 0.4) is 0 Å². The quantitative estimate of drug-likeness (QED) is 0.773. The molecule has 1 N–H and O–H groups in total. The van der Waals surface area contributed by atoms with Crippen LogP contribution in [-0.2, 0) is 6.54 Å². The Morgan fingerprint density at radius 3 is 2.58 bits per heavy atom. The average molecular weight is 284 g/mol. The van der Waals surface area contributed by atoms with Gasteiger partial charge in [0.15, 0.2) is 0 Å². The number of hydrogen-bond donors (Lipinski definition) is 1. The minimum absolute atomic E-state index is 0.195. The van der Waals surface area contributed by atoms with Crippen LogP contribution in [-0.4, -0.2) is 6.04 Å². The molecule has 0 saturated heterocycles. The molecule has 3 heteroatoms. The fraction of sp³-hybridized carbons (Fsp3) is 0.625. The normalized spacial score (nSPS) is 19.1. The fourth-order valence-corrected chi connectivity index (χ4v) is 3.02. The van der Waals surface area contributed by atoms with Crippen molar-refractivity contribution in [3.05, 3.63) is 34.6 Å². The molecule has 0 unspecified atom stereocenters. The Morgan fingerprint density at radius 1 is 1.26 bits per heavy atom. The van der Waals surface area contributed by atoms with Gasteiger partial charge < -0.3 is 5.32 Å². The predicted molar refractivity (Wildman–Crippen MR) is 78.9 cm³/mol. The third-order valence-electron chi connectivity index (χ3n) is 4.22. The van der Waals surface area contributed by atoms with Gasteiger partial charge in [0.05, 0.1) is 5.02 Å². The first-order chi connectivity index (χ1) is 9.16. The molecule has 1 aliphatic carbocycles. The Hall–Kier alpha value is -0.600. The van der Waals surface area contributed by atoms with Crippen molar-refractivity contribution in [2.45, 2.75) is 58.0 Å². The Morgan fingerprint density at radius 2 is 1.95 bits per heavy atom. The van der Waals surface area contributed by atoms with E-state index in [-0.39, 0.29) is 10.8 Å². The van der Waals surface area contributed by atoms with E-state index in [4.69, 9.17) is 11.6 Å². The van der Waals surface area contributed by atoms with Gasteiger partial charge in [-0.1, -0.05) is 43.4 Å². The summed E-state index contributed by atoms with van der Waals surface area (Å²) in [6, 6.07) is 5.54. The van der Waals surface area contributed by atoms with Crippen molar-refractivity contribution in [2.75, 3.05) is 0 Å². The lowest BCUT2D eigenvalue weighted by Crippen LogP contribution is -2.32. The second kappa shape index (κ2) is 7.25. The van der Waals surface area contributed by atoms with Gasteiger partial charge in [-0.15, -0.1) is 0 Å². The maximum Gasteiger partial charge on any atom is 0.142 e. The van der Waals surface area contributed by atoms with Crippen LogP contribution in [0.4, 0.5) is 4.39 Å². The summed E-state index contributed by atoms with van der Waals surface area (Å²) in [6.45, 7) is 2.97. The van der Waals surface area contributed by atoms with Gasteiger partial charge >= 0.3 is 0 Å². The lowest BCUT2D eigenvalue weighted by Gasteiger charge is -2.23. The van der Waals surface area contributed by atoms with Crippen molar-refractivity contribution < 1.29 is 4.39 Å². The summed E-state index contributed by atoms with van der Waals surface area (Å²) in [4.78, 5) is 0. The first-order valence-electron chi connectivity index (χ1n) is 7.34. The molecule has 1 aromatic rings. The summed E-state index contributed by atoms with van der Waals surface area (Å²) in [7, 11) is 0. The molecule has 0 spiro atoms. The monoisotopic (exact) mass is 283 g/mol.